The van der Waals surface area contributed by atoms with Crippen LogP contribution in [0.3, 0.4) is 0 Å². The number of ether oxygens (including phenoxy) is 1. The van der Waals surface area contributed by atoms with Gasteiger partial charge in [0.1, 0.15) is 11.1 Å². The molecule has 0 radical (unpaired) electrons. The molecule has 0 fully saturated rings. The maximum Gasteiger partial charge on any atom is 0.351 e. The molecule has 6 heteroatoms. The van der Waals surface area contributed by atoms with Gasteiger partial charge in [0.2, 0.25) is 0 Å². The molecule has 28 heavy (non-hydrogen) atoms. The molecule has 1 heterocycles. The fourth-order valence-corrected chi connectivity index (χ4v) is 3.23. The van der Waals surface area contributed by atoms with Crippen molar-refractivity contribution in [3.8, 4) is 11.1 Å². The van der Waals surface area contributed by atoms with E-state index >= 15 is 0 Å². The second-order valence-corrected chi connectivity index (χ2v) is 6.37. The smallest absolute Gasteiger partial charge is 0.351 e. The molecule has 0 aliphatic heterocycles. The van der Waals surface area contributed by atoms with Gasteiger partial charge in [-0.25, -0.2) is 9.59 Å². The predicted octanol–water partition coefficient (Wildman–Crippen LogP) is 4.07. The number of carbonyl (C=O) groups excluding carboxylic acids is 1. The molecular weight excluding hydrogens is 356 g/mol. The molecule has 3 rings (SSSR count). The van der Waals surface area contributed by atoms with Crippen LogP contribution in [0.15, 0.2) is 51.7 Å². The summed E-state index contributed by atoms with van der Waals surface area (Å²) in [6.07, 6.45) is 0. The Balaban J connectivity index is 2.26. The first-order valence-electron chi connectivity index (χ1n) is 9.38. The number of rotatable bonds is 6. The van der Waals surface area contributed by atoms with Gasteiger partial charge in [0.15, 0.2) is 0 Å². The lowest BCUT2D eigenvalue weighted by Crippen LogP contribution is -2.22. The molecule has 0 amide bonds. The van der Waals surface area contributed by atoms with E-state index in [1.807, 2.05) is 36.4 Å². The highest BCUT2D eigenvalue weighted by molar-refractivity contribution is 5.96. The minimum Gasteiger partial charge on any atom is -0.462 e. The van der Waals surface area contributed by atoms with Crippen molar-refractivity contribution in [3.05, 3.63) is 58.4 Å². The van der Waals surface area contributed by atoms with Crippen LogP contribution in [0.1, 0.15) is 31.1 Å². The van der Waals surface area contributed by atoms with Crippen LogP contribution >= 0.6 is 0 Å². The normalized spacial score (nSPS) is 10.8. The average molecular weight is 380 g/mol. The van der Waals surface area contributed by atoms with E-state index in [-0.39, 0.29) is 12.2 Å². The fourth-order valence-electron chi connectivity index (χ4n) is 3.23. The van der Waals surface area contributed by atoms with Crippen molar-refractivity contribution in [2.75, 3.05) is 30.3 Å². The summed E-state index contributed by atoms with van der Waals surface area (Å²) in [6.45, 7) is 7.62. The Labute approximate surface area is 163 Å². The molecular formula is C22H24N2O4. The minimum absolute atomic E-state index is 0.104. The maximum absolute atomic E-state index is 12.3. The summed E-state index contributed by atoms with van der Waals surface area (Å²) in [5, 5.41) is 0.658. The number of hydrogen-bond donors (Lipinski definition) is 1. The zero-order chi connectivity index (χ0) is 20.3. The second kappa shape index (κ2) is 8.17. The van der Waals surface area contributed by atoms with E-state index < -0.39 is 11.6 Å². The number of nitrogen functional groups attached to an aromatic ring is 1. The molecule has 3 aromatic rings. The first kappa shape index (κ1) is 19.5. The number of nitrogens with zero attached hydrogens (tertiary/aromatic N) is 1. The van der Waals surface area contributed by atoms with Gasteiger partial charge in [-0.15, -0.1) is 0 Å². The van der Waals surface area contributed by atoms with Crippen LogP contribution in [0.25, 0.3) is 22.1 Å². The third-order valence-corrected chi connectivity index (χ3v) is 4.67. The minimum atomic E-state index is -0.698. The van der Waals surface area contributed by atoms with Crippen molar-refractivity contribution in [2.45, 2.75) is 20.8 Å². The Bertz CT molecular complexity index is 1050. The molecule has 2 N–H and O–H groups in total. The van der Waals surface area contributed by atoms with Gasteiger partial charge in [-0.3, -0.25) is 0 Å². The highest BCUT2D eigenvalue weighted by atomic mass is 16.5. The van der Waals surface area contributed by atoms with E-state index in [1.54, 1.807) is 6.92 Å². The van der Waals surface area contributed by atoms with E-state index in [0.717, 1.165) is 29.9 Å². The lowest BCUT2D eigenvalue weighted by Gasteiger charge is -2.25. The molecule has 0 spiro atoms. The number of esters is 1. The SMILES string of the molecule is CCOC(=O)c1cc2cc(-c3ccc(N)cc3)c(N(CC)CC)cc2oc1=O. The van der Waals surface area contributed by atoms with Gasteiger partial charge in [0, 0.05) is 41.5 Å². The monoisotopic (exact) mass is 380 g/mol. The topological polar surface area (TPSA) is 85.8 Å². The molecule has 0 saturated carbocycles. The third-order valence-electron chi connectivity index (χ3n) is 4.67. The van der Waals surface area contributed by atoms with E-state index in [0.29, 0.717) is 16.7 Å². The van der Waals surface area contributed by atoms with Gasteiger partial charge < -0.3 is 19.8 Å². The summed E-state index contributed by atoms with van der Waals surface area (Å²) in [6, 6.07) is 12.9. The Morgan fingerprint density at radius 2 is 1.75 bits per heavy atom. The lowest BCUT2D eigenvalue weighted by molar-refractivity contribution is 0.0522. The summed E-state index contributed by atoms with van der Waals surface area (Å²) in [5.41, 5.74) is 9.06. The number of fused-ring (bicyclic) bond motifs is 1. The zero-order valence-electron chi connectivity index (χ0n) is 16.3. The van der Waals surface area contributed by atoms with Crippen LogP contribution in [0.5, 0.6) is 0 Å². The van der Waals surface area contributed by atoms with E-state index in [9.17, 15) is 9.59 Å². The van der Waals surface area contributed by atoms with Crippen LogP contribution < -0.4 is 16.3 Å². The summed E-state index contributed by atoms with van der Waals surface area (Å²) >= 11 is 0. The van der Waals surface area contributed by atoms with Crippen molar-refractivity contribution < 1.29 is 13.9 Å². The summed E-state index contributed by atoms with van der Waals surface area (Å²) in [7, 11) is 0. The first-order chi connectivity index (χ1) is 13.5. The van der Waals surface area contributed by atoms with Gasteiger partial charge in [0.05, 0.1) is 6.61 Å². The van der Waals surface area contributed by atoms with Crippen molar-refractivity contribution in [2.24, 2.45) is 0 Å². The molecule has 146 valence electrons. The van der Waals surface area contributed by atoms with Crippen LogP contribution in [0.4, 0.5) is 11.4 Å². The van der Waals surface area contributed by atoms with Crippen molar-refractivity contribution in [1.82, 2.24) is 0 Å². The molecule has 0 bridgehead atoms. The van der Waals surface area contributed by atoms with Gasteiger partial charge in [-0.05, 0) is 50.6 Å². The molecule has 1 aromatic heterocycles. The zero-order valence-corrected chi connectivity index (χ0v) is 16.3. The van der Waals surface area contributed by atoms with Gasteiger partial charge in [0.25, 0.3) is 0 Å². The van der Waals surface area contributed by atoms with E-state index in [1.165, 1.54) is 6.07 Å². The summed E-state index contributed by atoms with van der Waals surface area (Å²) < 4.78 is 10.4. The fraction of sp³-hybridized carbons (Fsp3) is 0.273. The molecule has 6 nitrogen and oxygen atoms in total. The average Bonchev–Trinajstić information content (AvgIpc) is 2.69. The van der Waals surface area contributed by atoms with Crippen LogP contribution in [-0.2, 0) is 4.74 Å². The van der Waals surface area contributed by atoms with Gasteiger partial charge >= 0.3 is 11.6 Å². The molecule has 0 aliphatic rings. The molecule has 2 aromatic carbocycles. The highest BCUT2D eigenvalue weighted by Crippen LogP contribution is 2.35. The van der Waals surface area contributed by atoms with E-state index in [4.69, 9.17) is 14.9 Å². The maximum atomic E-state index is 12.3. The first-order valence-corrected chi connectivity index (χ1v) is 9.38. The third kappa shape index (κ3) is 3.71. The highest BCUT2D eigenvalue weighted by Gasteiger charge is 2.18. The molecule has 0 saturated heterocycles. The molecule has 0 unspecified atom stereocenters. The lowest BCUT2D eigenvalue weighted by atomic mass is 9.99. The van der Waals surface area contributed by atoms with E-state index in [2.05, 4.69) is 18.7 Å². The predicted molar refractivity (Wildman–Crippen MR) is 112 cm³/mol. The van der Waals surface area contributed by atoms with Crippen molar-refractivity contribution in [3.63, 3.8) is 0 Å². The van der Waals surface area contributed by atoms with Crippen molar-refractivity contribution in [1.29, 1.82) is 0 Å². The summed E-state index contributed by atoms with van der Waals surface area (Å²) in [5.74, 6) is -0.681. The van der Waals surface area contributed by atoms with Gasteiger partial charge in [-0.1, -0.05) is 12.1 Å². The van der Waals surface area contributed by atoms with Crippen LogP contribution in [-0.4, -0.2) is 25.7 Å². The second-order valence-electron chi connectivity index (χ2n) is 6.37. The Kier molecular flexibility index (Phi) is 5.68. The quantitative estimate of drug-likeness (QED) is 0.394. The number of carbonyl (C=O) groups is 1. The molecule has 0 atom stereocenters. The van der Waals surface area contributed by atoms with Crippen LogP contribution in [0.2, 0.25) is 0 Å². The molecule has 0 aliphatic carbocycles. The number of benzene rings is 2. The number of hydrogen-bond acceptors (Lipinski definition) is 6. The van der Waals surface area contributed by atoms with Crippen molar-refractivity contribution >= 4 is 28.3 Å². The van der Waals surface area contributed by atoms with Crippen LogP contribution in [0, 0.1) is 0 Å². The number of nitrogens with two attached hydrogens (primary N) is 1. The number of anilines is 2. The Morgan fingerprint density at radius 1 is 1.07 bits per heavy atom. The largest absolute Gasteiger partial charge is 0.462 e. The van der Waals surface area contributed by atoms with Gasteiger partial charge in [-0.2, -0.15) is 0 Å². The Hall–Kier alpha value is -3.28. The summed E-state index contributed by atoms with van der Waals surface area (Å²) in [4.78, 5) is 26.5. The standard InChI is InChI=1S/C22H24N2O4/c1-4-24(5-2)19-13-20-15(11-17(19)14-7-9-16(23)10-8-14)12-18(22(26)28-20)21(25)27-6-3/h7-13H,4-6,23H2,1-3H3. The Morgan fingerprint density at radius 3 is 2.36 bits per heavy atom.